The van der Waals surface area contributed by atoms with Crippen LogP contribution in [0, 0.1) is 3.57 Å². The molecule has 1 heterocycles. The minimum absolute atomic E-state index is 0.0982. The summed E-state index contributed by atoms with van der Waals surface area (Å²) in [4.78, 5) is 40.2. The van der Waals surface area contributed by atoms with Gasteiger partial charge in [-0.25, -0.2) is 9.69 Å². The lowest BCUT2D eigenvalue weighted by Crippen LogP contribution is -2.53. The fourth-order valence-electron chi connectivity index (χ4n) is 3.45. The molecule has 12 heteroatoms. The maximum absolute atomic E-state index is 13.3. The van der Waals surface area contributed by atoms with Gasteiger partial charge >= 0.3 is 6.03 Å². The maximum Gasteiger partial charge on any atom is 0.325 e. The van der Waals surface area contributed by atoms with Crippen LogP contribution in [0.2, 0.25) is 5.02 Å². The molecule has 4 atom stereocenters. The predicted octanol–water partition coefficient (Wildman–Crippen LogP) is 2.31. The van der Waals surface area contributed by atoms with Crippen LogP contribution in [-0.2, 0) is 14.3 Å². The number of aliphatic hydroxyl groups is 2. The number of hydrogen-bond donors (Lipinski definition) is 4. The van der Waals surface area contributed by atoms with Crippen molar-refractivity contribution in [1.82, 2.24) is 10.2 Å². The number of aliphatic hydroxyl groups excluding tert-OH is 2. The van der Waals surface area contributed by atoms with E-state index in [0.29, 0.717) is 22.0 Å². The summed E-state index contributed by atoms with van der Waals surface area (Å²) in [6.45, 7) is 1.06. The van der Waals surface area contributed by atoms with Crippen molar-refractivity contribution < 1.29 is 34.1 Å². The Labute approximate surface area is 220 Å². The van der Waals surface area contributed by atoms with Crippen LogP contribution < -0.4 is 15.4 Å². The van der Waals surface area contributed by atoms with Gasteiger partial charge in [0.1, 0.15) is 30.5 Å². The molecule has 0 spiro atoms. The number of amides is 4. The summed E-state index contributed by atoms with van der Waals surface area (Å²) in [5.74, 6) is -0.829. The number of rotatable bonds is 10. The molecule has 0 radical (unpaired) electrons. The van der Waals surface area contributed by atoms with Crippen molar-refractivity contribution in [2.45, 2.75) is 31.2 Å². The number of nitrogens with one attached hydrogen (secondary N) is 2. The molecule has 10 nitrogen and oxygen atoms in total. The summed E-state index contributed by atoms with van der Waals surface area (Å²) in [5, 5.41) is 23.9. The van der Waals surface area contributed by atoms with Crippen LogP contribution in [0.4, 0.5) is 10.5 Å². The number of methoxy groups -OCH3 is 1. The number of hydrogen-bond acceptors (Lipinski definition) is 7. The third-order valence-electron chi connectivity index (χ3n) is 5.39. The zero-order valence-electron chi connectivity index (χ0n) is 18.9. The molecule has 2 aromatic carbocycles. The summed E-state index contributed by atoms with van der Waals surface area (Å²) in [5.41, 5.74) is 0.821. The van der Waals surface area contributed by atoms with E-state index in [1.807, 2.05) is 0 Å². The van der Waals surface area contributed by atoms with E-state index in [9.17, 15) is 19.5 Å². The number of urea groups is 1. The Balaban J connectivity index is 1.79. The quantitative estimate of drug-likeness (QED) is 0.237. The van der Waals surface area contributed by atoms with E-state index < -0.39 is 48.7 Å². The van der Waals surface area contributed by atoms with Crippen LogP contribution in [0.1, 0.15) is 18.5 Å². The van der Waals surface area contributed by atoms with Crippen LogP contribution in [0.3, 0.4) is 0 Å². The number of carbonyl (C=O) groups is 3. The summed E-state index contributed by atoms with van der Waals surface area (Å²) >= 11 is 8.31. The average molecular weight is 618 g/mol. The van der Waals surface area contributed by atoms with E-state index in [1.165, 1.54) is 7.11 Å². The Bertz CT molecular complexity index is 1090. The fourth-order valence-corrected chi connectivity index (χ4v) is 4.35. The molecule has 2 unspecified atom stereocenters. The minimum atomic E-state index is -1.25. The molecule has 2 aromatic rings. The van der Waals surface area contributed by atoms with Crippen LogP contribution >= 0.6 is 34.2 Å². The van der Waals surface area contributed by atoms with Crippen molar-refractivity contribution in [2.75, 3.05) is 25.6 Å². The summed E-state index contributed by atoms with van der Waals surface area (Å²) in [6.07, 6.45) is -1.82. The van der Waals surface area contributed by atoms with Gasteiger partial charge < -0.3 is 30.3 Å². The standard InChI is InChI=1S/C23H25ClIN3O7/c1-12(34-2)20(21(31)26-18-8-5-14(25)9-17(18)24)28-22(32)19(27-23(28)33)13-3-6-16(7-4-13)35-11-15(30)10-29/h3-9,12,15,19-20,29-30H,10-11H2,1-2H3,(H,26,31)(H,27,33)/t12?,15-,19-,20?/m1/s1. The van der Waals surface area contributed by atoms with Crippen molar-refractivity contribution in [2.24, 2.45) is 0 Å². The Kier molecular flexibility index (Phi) is 9.30. The zero-order chi connectivity index (χ0) is 25.7. The van der Waals surface area contributed by atoms with Crippen LogP contribution in [0.25, 0.3) is 0 Å². The first-order valence-corrected chi connectivity index (χ1v) is 12.1. The van der Waals surface area contributed by atoms with Crippen LogP contribution in [0.5, 0.6) is 5.75 Å². The Morgan fingerprint density at radius 3 is 2.54 bits per heavy atom. The molecule has 4 N–H and O–H groups in total. The smallest absolute Gasteiger partial charge is 0.325 e. The molecule has 1 aliphatic rings. The number of carbonyl (C=O) groups excluding carboxylic acids is 3. The molecule has 188 valence electrons. The molecule has 35 heavy (non-hydrogen) atoms. The van der Waals surface area contributed by atoms with Gasteiger partial charge in [-0.1, -0.05) is 23.7 Å². The van der Waals surface area contributed by atoms with Gasteiger partial charge in [0.25, 0.3) is 5.91 Å². The van der Waals surface area contributed by atoms with E-state index >= 15 is 0 Å². The number of imide groups is 1. The molecule has 0 aromatic heterocycles. The topological polar surface area (TPSA) is 137 Å². The first-order chi connectivity index (χ1) is 16.7. The van der Waals surface area contributed by atoms with E-state index in [2.05, 4.69) is 33.2 Å². The third-order valence-corrected chi connectivity index (χ3v) is 6.37. The Morgan fingerprint density at radius 1 is 1.26 bits per heavy atom. The van der Waals surface area contributed by atoms with Crippen LogP contribution in [0.15, 0.2) is 42.5 Å². The summed E-state index contributed by atoms with van der Waals surface area (Å²) in [6, 6.07) is 8.40. The van der Waals surface area contributed by atoms with Crippen molar-refractivity contribution in [3.05, 3.63) is 56.6 Å². The van der Waals surface area contributed by atoms with E-state index in [4.69, 9.17) is 26.2 Å². The normalized spacial score (nSPS) is 18.1. The highest BCUT2D eigenvalue weighted by atomic mass is 127. The van der Waals surface area contributed by atoms with Crippen molar-refractivity contribution in [3.63, 3.8) is 0 Å². The zero-order valence-corrected chi connectivity index (χ0v) is 21.8. The van der Waals surface area contributed by atoms with E-state index in [-0.39, 0.29) is 6.61 Å². The molecule has 0 saturated carbocycles. The minimum Gasteiger partial charge on any atom is -0.491 e. The average Bonchev–Trinajstić information content (AvgIpc) is 3.13. The lowest BCUT2D eigenvalue weighted by Gasteiger charge is -2.28. The van der Waals surface area contributed by atoms with Crippen molar-refractivity contribution in [1.29, 1.82) is 0 Å². The Morgan fingerprint density at radius 2 is 1.94 bits per heavy atom. The van der Waals surface area contributed by atoms with Gasteiger partial charge in [0, 0.05) is 10.7 Å². The second kappa shape index (κ2) is 12.0. The fraction of sp³-hybridized carbons (Fsp3) is 0.348. The predicted molar refractivity (Wildman–Crippen MR) is 136 cm³/mol. The monoisotopic (exact) mass is 617 g/mol. The molecule has 1 saturated heterocycles. The molecule has 0 aliphatic carbocycles. The molecule has 1 aliphatic heterocycles. The molecular weight excluding hydrogens is 593 g/mol. The van der Waals surface area contributed by atoms with Crippen molar-refractivity contribution >= 4 is 57.7 Å². The SMILES string of the molecule is COC(C)C(C(=O)Nc1ccc(I)cc1Cl)N1C(=O)N[C@H](c2ccc(OC[C@H](O)CO)cc2)C1=O. The highest BCUT2D eigenvalue weighted by Crippen LogP contribution is 2.29. The van der Waals surface area contributed by atoms with Gasteiger partial charge in [-0.15, -0.1) is 0 Å². The molecule has 3 rings (SSSR count). The second-order valence-electron chi connectivity index (χ2n) is 7.81. The number of ether oxygens (including phenoxy) is 2. The molecule has 1 fully saturated rings. The first kappa shape index (κ1) is 27.1. The van der Waals surface area contributed by atoms with Crippen molar-refractivity contribution in [3.8, 4) is 5.75 Å². The van der Waals surface area contributed by atoms with Gasteiger partial charge in [0.2, 0.25) is 5.91 Å². The summed E-state index contributed by atoms with van der Waals surface area (Å²) < 4.78 is 11.6. The lowest BCUT2D eigenvalue weighted by molar-refractivity contribution is -0.137. The van der Waals surface area contributed by atoms with Gasteiger partial charge in [0.05, 0.1) is 23.4 Å². The number of anilines is 1. The molecule has 0 bridgehead atoms. The van der Waals surface area contributed by atoms with Crippen LogP contribution in [-0.4, -0.2) is 71.5 Å². The van der Waals surface area contributed by atoms with Gasteiger partial charge in [0.15, 0.2) is 0 Å². The Hall–Kier alpha value is -2.45. The lowest BCUT2D eigenvalue weighted by atomic mass is 10.0. The van der Waals surface area contributed by atoms with Gasteiger partial charge in [-0.2, -0.15) is 0 Å². The largest absolute Gasteiger partial charge is 0.491 e. The molecule has 4 amide bonds. The maximum atomic E-state index is 13.3. The van der Waals surface area contributed by atoms with E-state index in [0.717, 1.165) is 8.47 Å². The van der Waals surface area contributed by atoms with E-state index in [1.54, 1.807) is 49.4 Å². The number of halogens is 2. The highest BCUT2D eigenvalue weighted by Gasteiger charge is 2.47. The molecular formula is C23H25ClIN3O7. The van der Waals surface area contributed by atoms with Gasteiger partial charge in [-0.3, -0.25) is 9.59 Å². The first-order valence-electron chi connectivity index (χ1n) is 10.6. The number of benzene rings is 2. The third kappa shape index (κ3) is 6.41. The van der Waals surface area contributed by atoms with Gasteiger partial charge in [-0.05, 0) is 65.4 Å². The second-order valence-corrected chi connectivity index (χ2v) is 9.46. The number of nitrogens with zero attached hydrogens (tertiary/aromatic N) is 1. The highest BCUT2D eigenvalue weighted by molar-refractivity contribution is 14.1. The summed E-state index contributed by atoms with van der Waals surface area (Å²) in [7, 11) is 1.38.